The molecule has 0 saturated carbocycles. The van der Waals surface area contributed by atoms with E-state index in [0.717, 1.165) is 37.0 Å². The number of carbonyl (C=O) groups is 1. The molecule has 0 fully saturated rings. The number of amides is 1. The maximum Gasteiger partial charge on any atom is 0.251 e. The molecule has 4 N–H and O–H groups in total. The third kappa shape index (κ3) is 3.78. The fourth-order valence-electron chi connectivity index (χ4n) is 4.74. The number of nitrogens with zero attached hydrogens (tertiary/aromatic N) is 1. The minimum atomic E-state index is -0.181. The Kier molecular flexibility index (Phi) is 5.33. The number of oxime groups is 1. The van der Waals surface area contributed by atoms with E-state index >= 15 is 0 Å². The van der Waals surface area contributed by atoms with E-state index in [0.29, 0.717) is 17.7 Å². The van der Waals surface area contributed by atoms with Gasteiger partial charge in [-0.3, -0.25) is 4.79 Å². The summed E-state index contributed by atoms with van der Waals surface area (Å²) in [5, 5.41) is 14.7. The first kappa shape index (κ1) is 21.9. The molecule has 6 nitrogen and oxygen atoms in total. The number of nitrogens with one attached hydrogen (secondary N) is 1. The lowest BCUT2D eigenvalue weighted by Crippen LogP contribution is -2.23. The molecule has 3 heterocycles. The fraction of sp³-hybridized carbons (Fsp3) is 0.111. The van der Waals surface area contributed by atoms with Crippen LogP contribution in [0.4, 0.5) is 0 Å². The van der Waals surface area contributed by atoms with E-state index in [4.69, 9.17) is 27.3 Å². The highest BCUT2D eigenvalue weighted by atomic mass is 35.5. The van der Waals surface area contributed by atoms with Crippen molar-refractivity contribution in [3.8, 4) is 10.4 Å². The fourth-order valence-corrected chi connectivity index (χ4v) is 5.78. The van der Waals surface area contributed by atoms with Gasteiger partial charge >= 0.3 is 0 Å². The van der Waals surface area contributed by atoms with E-state index in [1.54, 1.807) is 23.5 Å². The maximum absolute atomic E-state index is 12.9. The first-order valence-corrected chi connectivity index (χ1v) is 12.2. The van der Waals surface area contributed by atoms with Gasteiger partial charge in [-0.25, -0.2) is 0 Å². The van der Waals surface area contributed by atoms with Crippen molar-refractivity contribution in [3.63, 3.8) is 0 Å². The van der Waals surface area contributed by atoms with Crippen molar-refractivity contribution in [2.45, 2.75) is 18.8 Å². The SMILES string of the molecule is N/C(=N/O)c1ccc(CNC(=O)c2ccc3c(c2)[C@@H]2O[C@H]3c3ccc(-c4ccc(Cl)s4)cc32)cc1. The van der Waals surface area contributed by atoms with Crippen LogP contribution in [0.5, 0.6) is 0 Å². The molecule has 0 aliphatic carbocycles. The number of carbonyl (C=O) groups excluding carboxylic acids is 1. The van der Waals surface area contributed by atoms with Crippen molar-refractivity contribution in [2.24, 2.45) is 10.9 Å². The molecule has 0 saturated heterocycles. The van der Waals surface area contributed by atoms with Crippen LogP contribution in [0.15, 0.2) is 78.0 Å². The Labute approximate surface area is 210 Å². The zero-order valence-corrected chi connectivity index (χ0v) is 19.9. The largest absolute Gasteiger partial charge is 0.409 e. The molecule has 2 atom stereocenters. The Hall–Kier alpha value is -3.65. The van der Waals surface area contributed by atoms with E-state index in [-0.39, 0.29) is 24.0 Å². The molecule has 1 aromatic heterocycles. The van der Waals surface area contributed by atoms with Gasteiger partial charge in [-0.05, 0) is 63.7 Å². The molecule has 3 aromatic carbocycles. The maximum atomic E-state index is 12.9. The zero-order valence-electron chi connectivity index (χ0n) is 18.4. The molecule has 2 aliphatic heterocycles. The van der Waals surface area contributed by atoms with Crippen LogP contribution < -0.4 is 11.1 Å². The van der Waals surface area contributed by atoms with Crippen molar-refractivity contribution >= 4 is 34.7 Å². The average Bonchev–Trinajstić information content (AvgIpc) is 3.60. The number of thiophene rings is 1. The Morgan fingerprint density at radius 3 is 2.34 bits per heavy atom. The quantitative estimate of drug-likeness (QED) is 0.143. The van der Waals surface area contributed by atoms with E-state index < -0.39 is 0 Å². The van der Waals surface area contributed by atoms with Gasteiger partial charge in [0.1, 0.15) is 12.2 Å². The van der Waals surface area contributed by atoms with E-state index in [2.05, 4.69) is 28.7 Å². The van der Waals surface area contributed by atoms with Gasteiger partial charge in [0.05, 0.1) is 4.34 Å². The van der Waals surface area contributed by atoms with Gasteiger partial charge in [0.25, 0.3) is 5.91 Å². The van der Waals surface area contributed by atoms with Gasteiger partial charge in [0.15, 0.2) is 5.84 Å². The van der Waals surface area contributed by atoms with E-state index in [1.807, 2.05) is 42.5 Å². The monoisotopic (exact) mass is 501 g/mol. The summed E-state index contributed by atoms with van der Waals surface area (Å²) in [4.78, 5) is 14.0. The van der Waals surface area contributed by atoms with Crippen LogP contribution in [-0.2, 0) is 11.3 Å². The number of ether oxygens (including phenoxy) is 1. The van der Waals surface area contributed by atoms with Gasteiger partial charge in [-0.2, -0.15) is 0 Å². The minimum Gasteiger partial charge on any atom is -0.409 e. The molecule has 0 radical (unpaired) electrons. The van der Waals surface area contributed by atoms with E-state index in [9.17, 15) is 4.79 Å². The molecule has 35 heavy (non-hydrogen) atoms. The molecule has 0 unspecified atom stereocenters. The molecular weight excluding hydrogens is 482 g/mol. The first-order valence-electron chi connectivity index (χ1n) is 11.1. The second-order valence-electron chi connectivity index (χ2n) is 8.55. The Bertz CT molecular complexity index is 1500. The van der Waals surface area contributed by atoms with E-state index in [1.165, 1.54) is 5.56 Å². The number of fused-ring (bicyclic) bond motifs is 8. The van der Waals surface area contributed by atoms with Crippen molar-refractivity contribution in [1.29, 1.82) is 0 Å². The van der Waals surface area contributed by atoms with Gasteiger partial charge in [0, 0.05) is 22.5 Å². The molecule has 4 aromatic rings. The molecule has 6 rings (SSSR count). The summed E-state index contributed by atoms with van der Waals surface area (Å²) in [7, 11) is 0. The Balaban J connectivity index is 1.20. The number of halogens is 1. The van der Waals surface area contributed by atoms with Crippen LogP contribution in [0.25, 0.3) is 10.4 Å². The summed E-state index contributed by atoms with van der Waals surface area (Å²) >= 11 is 7.69. The van der Waals surface area contributed by atoms with Crippen LogP contribution >= 0.6 is 22.9 Å². The normalized spacial score (nSPS) is 17.8. The summed E-state index contributed by atoms with van der Waals surface area (Å²) in [6.07, 6.45) is -0.282. The molecule has 0 spiro atoms. The zero-order chi connectivity index (χ0) is 24.1. The minimum absolute atomic E-state index is 0.0446. The lowest BCUT2D eigenvalue weighted by molar-refractivity contribution is 0.0857. The number of benzene rings is 3. The summed E-state index contributed by atoms with van der Waals surface area (Å²) in [6, 6.07) is 23.3. The number of hydrogen-bond acceptors (Lipinski definition) is 5. The lowest BCUT2D eigenvalue weighted by Gasteiger charge is -2.17. The van der Waals surface area contributed by atoms with Gasteiger partial charge in [-0.1, -0.05) is 59.2 Å². The first-order chi connectivity index (χ1) is 17.0. The molecule has 1 amide bonds. The van der Waals surface area contributed by atoms with Crippen molar-refractivity contribution < 1.29 is 14.7 Å². The van der Waals surface area contributed by atoms with Crippen molar-refractivity contribution in [3.05, 3.63) is 116 Å². The Morgan fingerprint density at radius 2 is 1.63 bits per heavy atom. The number of amidine groups is 1. The summed E-state index contributed by atoms with van der Waals surface area (Å²) < 4.78 is 7.08. The van der Waals surface area contributed by atoms with Crippen LogP contribution in [0.1, 0.15) is 55.9 Å². The second-order valence-corrected chi connectivity index (χ2v) is 10.3. The molecule has 8 heteroatoms. The smallest absolute Gasteiger partial charge is 0.251 e. The summed E-state index contributed by atoms with van der Waals surface area (Å²) in [5.41, 5.74) is 13.3. The van der Waals surface area contributed by atoms with Crippen LogP contribution in [-0.4, -0.2) is 17.0 Å². The highest BCUT2D eigenvalue weighted by Gasteiger charge is 2.43. The van der Waals surface area contributed by atoms with Crippen molar-refractivity contribution in [2.75, 3.05) is 0 Å². The predicted octanol–water partition coefficient (Wildman–Crippen LogP) is 5.62. The Morgan fingerprint density at radius 1 is 0.943 bits per heavy atom. The lowest BCUT2D eigenvalue weighted by atomic mass is 9.84. The molecule has 2 bridgehead atoms. The van der Waals surface area contributed by atoms with Crippen LogP contribution in [0.3, 0.4) is 0 Å². The third-order valence-corrected chi connectivity index (χ3v) is 7.79. The van der Waals surface area contributed by atoms with Gasteiger partial charge < -0.3 is 21.0 Å². The van der Waals surface area contributed by atoms with Crippen LogP contribution in [0.2, 0.25) is 4.34 Å². The van der Waals surface area contributed by atoms with Crippen LogP contribution in [0, 0.1) is 0 Å². The average molecular weight is 502 g/mol. The summed E-state index contributed by atoms with van der Waals surface area (Å²) in [5.74, 6) is -0.110. The molecule has 174 valence electrons. The second kappa shape index (κ2) is 8.53. The van der Waals surface area contributed by atoms with Gasteiger partial charge in [-0.15, -0.1) is 11.3 Å². The number of hydrogen-bond donors (Lipinski definition) is 3. The van der Waals surface area contributed by atoms with Crippen molar-refractivity contribution in [1.82, 2.24) is 5.32 Å². The van der Waals surface area contributed by atoms with Gasteiger partial charge in [0.2, 0.25) is 0 Å². The summed E-state index contributed by atoms with van der Waals surface area (Å²) in [6.45, 7) is 0.366. The number of nitrogens with two attached hydrogens (primary N) is 1. The number of rotatable bonds is 5. The highest BCUT2D eigenvalue weighted by molar-refractivity contribution is 7.19. The topological polar surface area (TPSA) is 96.9 Å². The standard InChI is InChI=1S/C27H20ClN3O3S/c28-23-10-9-22(35-23)16-5-7-18-20(11-16)25-21-12-17(6-8-19(21)24(18)34-25)27(32)30-13-14-1-3-15(4-2-14)26(29)31-33/h1-12,24-25,33H,13H2,(H2,29,31)(H,30,32)/t24-,25+/m0/s1. The molecule has 2 aliphatic rings. The molecular formula is C27H20ClN3O3S. The highest BCUT2D eigenvalue weighted by Crippen LogP contribution is 2.55. The predicted molar refractivity (Wildman–Crippen MR) is 136 cm³/mol. The third-order valence-electron chi connectivity index (χ3n) is 6.51.